The van der Waals surface area contributed by atoms with Gasteiger partial charge in [0.1, 0.15) is 5.54 Å². The number of rotatable bonds is 2. The largest absolute Gasteiger partial charge is 0.370 e. The number of nitrogens with zero attached hydrogens (tertiary/aromatic N) is 1. The fourth-order valence-corrected chi connectivity index (χ4v) is 0.378. The molecule has 0 fully saturated rings. The molecule has 5 heteroatoms. The highest BCUT2D eigenvalue weighted by Gasteiger charge is 2.23. The molecule has 0 aromatic rings. The predicted molar refractivity (Wildman–Crippen MR) is 39.1 cm³/mol. The summed E-state index contributed by atoms with van der Waals surface area (Å²) in [4.78, 5) is 14.2. The van der Waals surface area contributed by atoms with E-state index < -0.39 is 11.4 Å². The molecule has 0 aromatic heterocycles. The van der Waals surface area contributed by atoms with Gasteiger partial charge in [-0.15, -0.1) is 0 Å². The molecular formula is C5H12N4O. The first-order valence-corrected chi connectivity index (χ1v) is 2.77. The summed E-state index contributed by atoms with van der Waals surface area (Å²) < 4.78 is 0. The number of guanidine groups is 1. The van der Waals surface area contributed by atoms with E-state index in [2.05, 4.69) is 4.99 Å². The fraction of sp³-hybridized carbons (Fsp3) is 0.600. The van der Waals surface area contributed by atoms with Crippen LogP contribution in [0.25, 0.3) is 0 Å². The zero-order chi connectivity index (χ0) is 8.36. The molecule has 5 nitrogen and oxygen atoms in total. The van der Waals surface area contributed by atoms with Gasteiger partial charge in [0.2, 0.25) is 5.91 Å². The maximum Gasteiger partial charge on any atom is 0.244 e. The summed E-state index contributed by atoms with van der Waals surface area (Å²) >= 11 is 0. The molecule has 0 aliphatic carbocycles. The van der Waals surface area contributed by atoms with Crippen LogP contribution in [0, 0.1) is 0 Å². The van der Waals surface area contributed by atoms with Crippen molar-refractivity contribution in [3.8, 4) is 0 Å². The van der Waals surface area contributed by atoms with Gasteiger partial charge in [0.05, 0.1) is 0 Å². The summed E-state index contributed by atoms with van der Waals surface area (Å²) in [6, 6.07) is 0. The molecule has 0 atom stereocenters. The van der Waals surface area contributed by atoms with Gasteiger partial charge in [-0.3, -0.25) is 4.79 Å². The maximum atomic E-state index is 10.6. The van der Waals surface area contributed by atoms with Crippen LogP contribution in [0.4, 0.5) is 0 Å². The Labute approximate surface area is 59.3 Å². The maximum absolute atomic E-state index is 10.6. The van der Waals surface area contributed by atoms with Gasteiger partial charge in [0.15, 0.2) is 5.96 Å². The van der Waals surface area contributed by atoms with E-state index >= 15 is 0 Å². The van der Waals surface area contributed by atoms with Gasteiger partial charge in [-0.05, 0) is 13.8 Å². The Kier molecular flexibility index (Phi) is 2.23. The summed E-state index contributed by atoms with van der Waals surface area (Å²) in [5, 5.41) is 0. The SMILES string of the molecule is CC(C)(N=C(N)N)C(N)=O. The second-order valence-corrected chi connectivity index (χ2v) is 2.46. The molecule has 0 radical (unpaired) electrons. The van der Waals surface area contributed by atoms with Gasteiger partial charge in [-0.2, -0.15) is 0 Å². The Balaban J connectivity index is 4.42. The molecule has 0 aliphatic rings. The Bertz CT molecular complexity index is 168. The molecule has 0 aliphatic heterocycles. The Morgan fingerprint density at radius 2 is 1.70 bits per heavy atom. The van der Waals surface area contributed by atoms with Crippen molar-refractivity contribution in [1.29, 1.82) is 0 Å². The molecule has 0 spiro atoms. The van der Waals surface area contributed by atoms with Crippen molar-refractivity contribution in [3.63, 3.8) is 0 Å². The lowest BCUT2D eigenvalue weighted by atomic mass is 10.1. The van der Waals surface area contributed by atoms with E-state index in [1.165, 1.54) is 13.8 Å². The zero-order valence-electron chi connectivity index (χ0n) is 6.09. The van der Waals surface area contributed by atoms with Gasteiger partial charge < -0.3 is 17.2 Å². The number of amides is 1. The highest BCUT2D eigenvalue weighted by atomic mass is 16.1. The van der Waals surface area contributed by atoms with E-state index in [4.69, 9.17) is 17.2 Å². The number of primary amides is 1. The first-order valence-electron chi connectivity index (χ1n) is 2.77. The minimum absolute atomic E-state index is 0.135. The van der Waals surface area contributed by atoms with Crippen molar-refractivity contribution >= 4 is 11.9 Å². The number of hydrogen-bond donors (Lipinski definition) is 3. The van der Waals surface area contributed by atoms with Gasteiger partial charge in [0, 0.05) is 0 Å². The van der Waals surface area contributed by atoms with Gasteiger partial charge >= 0.3 is 0 Å². The van der Waals surface area contributed by atoms with Crippen molar-refractivity contribution < 1.29 is 4.79 Å². The van der Waals surface area contributed by atoms with Gasteiger partial charge in [-0.1, -0.05) is 0 Å². The lowest BCUT2D eigenvalue weighted by molar-refractivity contribution is -0.121. The Hall–Kier alpha value is -1.26. The van der Waals surface area contributed by atoms with Crippen LogP contribution in [0.5, 0.6) is 0 Å². The highest BCUT2D eigenvalue weighted by molar-refractivity contribution is 5.87. The van der Waals surface area contributed by atoms with E-state index in [0.29, 0.717) is 0 Å². The molecule has 0 saturated heterocycles. The Morgan fingerprint density at radius 1 is 1.30 bits per heavy atom. The van der Waals surface area contributed by atoms with Crippen molar-refractivity contribution in [2.24, 2.45) is 22.2 Å². The third-order valence-corrected chi connectivity index (χ3v) is 1.01. The van der Waals surface area contributed by atoms with Crippen molar-refractivity contribution in [3.05, 3.63) is 0 Å². The molecule has 0 unspecified atom stereocenters. The molecule has 0 bridgehead atoms. The lowest BCUT2D eigenvalue weighted by Crippen LogP contribution is -2.39. The molecule has 0 heterocycles. The Morgan fingerprint density at radius 3 is 1.80 bits per heavy atom. The number of carbonyl (C=O) groups excluding carboxylic acids is 1. The second kappa shape index (κ2) is 2.55. The van der Waals surface area contributed by atoms with E-state index in [0.717, 1.165) is 0 Å². The standard InChI is InChI=1S/C5H12N4O/c1-5(2,3(6)10)9-4(7)8/h1-2H3,(H2,6,10)(H4,7,8,9). The van der Waals surface area contributed by atoms with Crippen LogP contribution in [0.2, 0.25) is 0 Å². The van der Waals surface area contributed by atoms with Crippen LogP contribution in [0.3, 0.4) is 0 Å². The highest BCUT2D eigenvalue weighted by Crippen LogP contribution is 2.05. The van der Waals surface area contributed by atoms with Crippen molar-refractivity contribution in [2.75, 3.05) is 0 Å². The van der Waals surface area contributed by atoms with Crippen LogP contribution in [-0.2, 0) is 4.79 Å². The van der Waals surface area contributed by atoms with Crippen molar-refractivity contribution in [2.45, 2.75) is 19.4 Å². The minimum Gasteiger partial charge on any atom is -0.370 e. The minimum atomic E-state index is -1.00. The van der Waals surface area contributed by atoms with E-state index in [1.807, 2.05) is 0 Å². The van der Waals surface area contributed by atoms with Crippen molar-refractivity contribution in [1.82, 2.24) is 0 Å². The molecule has 0 rings (SSSR count). The molecular weight excluding hydrogens is 132 g/mol. The number of hydrogen-bond acceptors (Lipinski definition) is 2. The smallest absolute Gasteiger partial charge is 0.244 e. The molecule has 6 N–H and O–H groups in total. The van der Waals surface area contributed by atoms with E-state index in [9.17, 15) is 4.79 Å². The third-order valence-electron chi connectivity index (χ3n) is 1.01. The fourth-order valence-electron chi connectivity index (χ4n) is 0.378. The van der Waals surface area contributed by atoms with Crippen LogP contribution >= 0.6 is 0 Å². The lowest BCUT2D eigenvalue weighted by Gasteiger charge is -2.13. The van der Waals surface area contributed by atoms with E-state index in [-0.39, 0.29) is 5.96 Å². The molecule has 1 amide bonds. The first-order chi connectivity index (χ1) is 4.36. The second-order valence-electron chi connectivity index (χ2n) is 2.46. The number of nitrogens with two attached hydrogens (primary N) is 3. The third kappa shape index (κ3) is 2.34. The molecule has 0 saturated carbocycles. The zero-order valence-corrected chi connectivity index (χ0v) is 6.09. The number of aliphatic imine (C=N–C) groups is 1. The average molecular weight is 144 g/mol. The molecule has 0 aromatic carbocycles. The summed E-state index contributed by atoms with van der Waals surface area (Å²) in [5.41, 5.74) is 14.0. The van der Waals surface area contributed by atoms with Gasteiger partial charge in [0.25, 0.3) is 0 Å². The summed E-state index contributed by atoms with van der Waals surface area (Å²) in [7, 11) is 0. The number of carbonyl (C=O) groups is 1. The van der Waals surface area contributed by atoms with Crippen LogP contribution in [-0.4, -0.2) is 17.4 Å². The quantitative estimate of drug-likeness (QED) is 0.325. The first kappa shape index (κ1) is 8.74. The molecule has 58 valence electrons. The summed E-state index contributed by atoms with van der Waals surface area (Å²) in [5.74, 6) is -0.690. The average Bonchev–Trinajstić information content (AvgIpc) is 1.60. The van der Waals surface area contributed by atoms with Crippen LogP contribution in [0.1, 0.15) is 13.8 Å². The van der Waals surface area contributed by atoms with Crippen LogP contribution < -0.4 is 17.2 Å². The monoisotopic (exact) mass is 144 g/mol. The van der Waals surface area contributed by atoms with Crippen LogP contribution in [0.15, 0.2) is 4.99 Å². The topological polar surface area (TPSA) is 107 Å². The molecule has 10 heavy (non-hydrogen) atoms. The summed E-state index contributed by atoms with van der Waals surface area (Å²) in [6.45, 7) is 3.07. The van der Waals surface area contributed by atoms with E-state index in [1.54, 1.807) is 0 Å². The normalized spacial score (nSPS) is 10.6. The van der Waals surface area contributed by atoms with Gasteiger partial charge in [-0.25, -0.2) is 4.99 Å². The predicted octanol–water partition coefficient (Wildman–Crippen LogP) is -1.48. The summed E-state index contributed by atoms with van der Waals surface area (Å²) in [6.07, 6.45) is 0.